The summed E-state index contributed by atoms with van der Waals surface area (Å²) in [4.78, 5) is 2.31. The van der Waals surface area contributed by atoms with E-state index in [0.717, 1.165) is 12.1 Å². The Morgan fingerprint density at radius 3 is 2.53 bits per heavy atom. The van der Waals surface area contributed by atoms with Crippen molar-refractivity contribution in [1.29, 1.82) is 0 Å². The first-order valence-electron chi connectivity index (χ1n) is 6.33. The summed E-state index contributed by atoms with van der Waals surface area (Å²) in [5.41, 5.74) is 7.76. The van der Waals surface area contributed by atoms with Gasteiger partial charge in [0.25, 0.3) is 0 Å². The van der Waals surface area contributed by atoms with Crippen molar-refractivity contribution in [1.82, 2.24) is 9.62 Å². The van der Waals surface area contributed by atoms with Crippen LogP contribution in [-0.4, -0.2) is 40.0 Å². The highest BCUT2D eigenvalue weighted by Crippen LogP contribution is 2.22. The highest BCUT2D eigenvalue weighted by Gasteiger charge is 2.18. The molecular weight excluding hydrogens is 262 g/mol. The van der Waals surface area contributed by atoms with Gasteiger partial charge >= 0.3 is 0 Å². The van der Waals surface area contributed by atoms with Gasteiger partial charge in [-0.05, 0) is 50.7 Å². The molecule has 0 amide bonds. The molecule has 0 saturated heterocycles. The molecule has 0 saturated carbocycles. The van der Waals surface area contributed by atoms with Crippen molar-refractivity contribution in [2.45, 2.75) is 25.7 Å². The van der Waals surface area contributed by atoms with Crippen LogP contribution >= 0.6 is 0 Å². The maximum Gasteiger partial charge on any atom is 0.240 e. The van der Waals surface area contributed by atoms with Gasteiger partial charge in [-0.15, -0.1) is 0 Å². The summed E-state index contributed by atoms with van der Waals surface area (Å²) in [6, 6.07) is 3.43. The molecule has 0 aromatic heterocycles. The Morgan fingerprint density at radius 2 is 1.95 bits per heavy atom. The van der Waals surface area contributed by atoms with E-state index in [0.29, 0.717) is 24.3 Å². The molecule has 0 aliphatic rings. The quantitative estimate of drug-likeness (QED) is 0.768. The number of benzene rings is 1. The van der Waals surface area contributed by atoms with Gasteiger partial charge in [-0.3, -0.25) is 0 Å². The Morgan fingerprint density at radius 1 is 1.32 bits per heavy atom. The first-order valence-corrected chi connectivity index (χ1v) is 7.81. The second kappa shape index (κ2) is 6.36. The van der Waals surface area contributed by atoms with Crippen molar-refractivity contribution >= 4 is 15.7 Å². The average molecular weight is 285 g/mol. The number of hydrogen-bond acceptors (Lipinski definition) is 4. The number of nitrogens with zero attached hydrogens (tertiary/aromatic N) is 1. The molecule has 0 fully saturated rings. The van der Waals surface area contributed by atoms with E-state index in [4.69, 9.17) is 5.73 Å². The van der Waals surface area contributed by atoms with E-state index in [1.807, 2.05) is 25.8 Å². The number of anilines is 1. The summed E-state index contributed by atoms with van der Waals surface area (Å²) in [6.45, 7) is 7.54. The third-order valence-corrected chi connectivity index (χ3v) is 4.75. The molecule has 6 heteroatoms. The van der Waals surface area contributed by atoms with Crippen molar-refractivity contribution in [3.63, 3.8) is 0 Å². The molecule has 1 aromatic rings. The SMILES string of the molecule is CCN(C)CCNS(=O)(=O)c1cc(C)cc(N)c1C. The van der Waals surface area contributed by atoms with E-state index < -0.39 is 10.0 Å². The topological polar surface area (TPSA) is 75.4 Å². The standard InChI is InChI=1S/C13H23N3O2S/c1-5-16(4)7-6-15-19(17,18)13-9-10(2)8-12(14)11(13)3/h8-9,15H,5-7,14H2,1-4H3. The second-order valence-electron chi connectivity index (χ2n) is 4.77. The molecule has 0 unspecified atom stereocenters. The lowest BCUT2D eigenvalue weighted by Crippen LogP contribution is -2.33. The van der Waals surface area contributed by atoms with Crippen LogP contribution < -0.4 is 10.5 Å². The normalized spacial score (nSPS) is 12.1. The number of rotatable bonds is 6. The second-order valence-corrected chi connectivity index (χ2v) is 6.51. The van der Waals surface area contributed by atoms with E-state index in [1.165, 1.54) is 0 Å². The number of nitrogens with two attached hydrogens (primary N) is 1. The zero-order chi connectivity index (χ0) is 14.6. The third-order valence-electron chi connectivity index (χ3n) is 3.16. The number of hydrogen-bond donors (Lipinski definition) is 2. The number of nitrogen functional groups attached to an aromatic ring is 1. The Labute approximate surface area is 115 Å². The Balaban J connectivity index is 2.89. The van der Waals surface area contributed by atoms with Crippen molar-refractivity contribution in [2.24, 2.45) is 0 Å². The largest absolute Gasteiger partial charge is 0.398 e. The molecule has 5 nitrogen and oxygen atoms in total. The maximum absolute atomic E-state index is 12.2. The zero-order valence-corrected chi connectivity index (χ0v) is 12.8. The Kier molecular flexibility index (Phi) is 5.34. The highest BCUT2D eigenvalue weighted by molar-refractivity contribution is 7.89. The smallest absolute Gasteiger partial charge is 0.240 e. The maximum atomic E-state index is 12.2. The third kappa shape index (κ3) is 4.19. The van der Waals surface area contributed by atoms with Crippen LogP contribution in [0.1, 0.15) is 18.1 Å². The summed E-state index contributed by atoms with van der Waals surface area (Å²) in [6.07, 6.45) is 0. The molecule has 0 radical (unpaired) electrons. The van der Waals surface area contributed by atoms with Gasteiger partial charge in [0.1, 0.15) is 0 Å². The van der Waals surface area contributed by atoms with Gasteiger partial charge in [-0.1, -0.05) is 6.92 Å². The van der Waals surface area contributed by atoms with Crippen molar-refractivity contribution in [3.05, 3.63) is 23.3 Å². The number of likely N-dealkylation sites (N-methyl/N-ethyl adjacent to an activating group) is 1. The van der Waals surface area contributed by atoms with Crippen LogP contribution in [0.25, 0.3) is 0 Å². The van der Waals surface area contributed by atoms with Crippen molar-refractivity contribution in [2.75, 3.05) is 32.4 Å². The van der Waals surface area contributed by atoms with Crippen LogP contribution in [0.5, 0.6) is 0 Å². The predicted octanol–water partition coefficient (Wildman–Crippen LogP) is 1.12. The van der Waals surface area contributed by atoms with Crippen LogP contribution in [0.15, 0.2) is 17.0 Å². The van der Waals surface area contributed by atoms with Gasteiger partial charge < -0.3 is 10.6 Å². The Hall–Kier alpha value is -1.11. The summed E-state index contributed by atoms with van der Waals surface area (Å²) < 4.78 is 27.1. The number of aryl methyl sites for hydroxylation is 1. The minimum Gasteiger partial charge on any atom is -0.398 e. The Bertz CT molecular complexity index is 541. The average Bonchev–Trinajstić information content (AvgIpc) is 2.33. The lowest BCUT2D eigenvalue weighted by Gasteiger charge is -2.15. The lowest BCUT2D eigenvalue weighted by molar-refractivity contribution is 0.358. The molecule has 108 valence electrons. The van der Waals surface area contributed by atoms with Gasteiger partial charge in [-0.25, -0.2) is 13.1 Å². The summed E-state index contributed by atoms with van der Waals surface area (Å²) >= 11 is 0. The zero-order valence-electron chi connectivity index (χ0n) is 12.0. The highest BCUT2D eigenvalue weighted by atomic mass is 32.2. The van der Waals surface area contributed by atoms with E-state index in [9.17, 15) is 8.42 Å². The van der Waals surface area contributed by atoms with Crippen molar-refractivity contribution < 1.29 is 8.42 Å². The van der Waals surface area contributed by atoms with Crippen LogP contribution in [0.4, 0.5) is 5.69 Å². The fourth-order valence-corrected chi connectivity index (χ4v) is 3.12. The molecule has 0 bridgehead atoms. The minimum absolute atomic E-state index is 0.268. The first kappa shape index (κ1) is 15.9. The van der Waals surface area contributed by atoms with Gasteiger partial charge in [0.05, 0.1) is 4.90 Å². The lowest BCUT2D eigenvalue weighted by atomic mass is 10.1. The minimum atomic E-state index is -3.50. The van der Waals surface area contributed by atoms with E-state index >= 15 is 0 Å². The molecule has 0 heterocycles. The molecule has 0 aliphatic heterocycles. The van der Waals surface area contributed by atoms with Crippen LogP contribution in [0.2, 0.25) is 0 Å². The predicted molar refractivity (Wildman–Crippen MR) is 78.7 cm³/mol. The van der Waals surface area contributed by atoms with Gasteiger partial charge in [0.2, 0.25) is 10.0 Å². The fraction of sp³-hybridized carbons (Fsp3) is 0.538. The van der Waals surface area contributed by atoms with E-state index in [2.05, 4.69) is 4.72 Å². The molecular formula is C13H23N3O2S. The summed E-state index contributed by atoms with van der Waals surface area (Å²) in [7, 11) is -1.55. The number of sulfonamides is 1. The molecule has 0 aliphatic carbocycles. The van der Waals surface area contributed by atoms with Crippen LogP contribution in [-0.2, 0) is 10.0 Å². The van der Waals surface area contributed by atoms with E-state index in [-0.39, 0.29) is 4.90 Å². The molecule has 1 rings (SSSR count). The molecule has 3 N–H and O–H groups in total. The van der Waals surface area contributed by atoms with E-state index in [1.54, 1.807) is 19.1 Å². The van der Waals surface area contributed by atoms with Gasteiger partial charge in [-0.2, -0.15) is 0 Å². The van der Waals surface area contributed by atoms with Crippen molar-refractivity contribution in [3.8, 4) is 0 Å². The van der Waals surface area contributed by atoms with Gasteiger partial charge in [0.15, 0.2) is 0 Å². The fourth-order valence-electron chi connectivity index (χ4n) is 1.74. The van der Waals surface area contributed by atoms with Crippen LogP contribution in [0, 0.1) is 13.8 Å². The first-order chi connectivity index (χ1) is 8.77. The van der Waals surface area contributed by atoms with Gasteiger partial charge in [0, 0.05) is 18.8 Å². The number of nitrogens with one attached hydrogen (secondary N) is 1. The molecule has 0 atom stereocenters. The molecule has 0 spiro atoms. The molecule has 19 heavy (non-hydrogen) atoms. The van der Waals surface area contributed by atoms with Crippen LogP contribution in [0.3, 0.4) is 0 Å². The summed E-state index contributed by atoms with van der Waals surface area (Å²) in [5, 5.41) is 0. The molecule has 1 aromatic carbocycles. The summed E-state index contributed by atoms with van der Waals surface area (Å²) in [5.74, 6) is 0. The monoisotopic (exact) mass is 285 g/mol.